The van der Waals surface area contributed by atoms with Crippen LogP contribution < -0.4 is 10.1 Å². The summed E-state index contributed by atoms with van der Waals surface area (Å²) in [4.78, 5) is 21.2. The first kappa shape index (κ1) is 20.9. The largest absolute Gasteiger partial charge is 0.473 e. The van der Waals surface area contributed by atoms with E-state index in [9.17, 15) is 9.90 Å². The third-order valence-electron chi connectivity index (χ3n) is 6.57. The zero-order chi connectivity index (χ0) is 22.5. The average Bonchev–Trinajstić information content (AvgIpc) is 3.15. The van der Waals surface area contributed by atoms with Crippen molar-refractivity contribution < 1.29 is 14.6 Å². The molecule has 0 aromatic carbocycles. The highest BCUT2D eigenvalue weighted by Crippen LogP contribution is 2.35. The summed E-state index contributed by atoms with van der Waals surface area (Å²) < 4.78 is 10.3. The van der Waals surface area contributed by atoms with Crippen LogP contribution in [0.2, 0.25) is 0 Å². The second kappa shape index (κ2) is 7.88. The van der Waals surface area contributed by atoms with Gasteiger partial charge in [-0.15, -0.1) is 0 Å². The smallest absolute Gasteiger partial charge is 0.241 e. The molecule has 5 rings (SSSR count). The van der Waals surface area contributed by atoms with E-state index in [0.29, 0.717) is 24.8 Å². The minimum atomic E-state index is -0.510. The van der Waals surface area contributed by atoms with Gasteiger partial charge in [0.05, 0.1) is 35.9 Å². The highest BCUT2D eigenvalue weighted by molar-refractivity contribution is 5.84. The zero-order valence-corrected chi connectivity index (χ0v) is 18.8. The van der Waals surface area contributed by atoms with Gasteiger partial charge in [-0.2, -0.15) is 5.10 Å². The molecule has 2 aliphatic rings. The van der Waals surface area contributed by atoms with E-state index < -0.39 is 5.54 Å². The Morgan fingerprint density at radius 3 is 2.88 bits per heavy atom. The minimum absolute atomic E-state index is 0.0217. The Hall–Kier alpha value is -2.94. The van der Waals surface area contributed by atoms with Crippen molar-refractivity contribution in [2.24, 2.45) is 11.8 Å². The fraction of sp³-hybridized carbons (Fsp3) is 0.565. The summed E-state index contributed by atoms with van der Waals surface area (Å²) in [5.41, 5.74) is 2.77. The molecule has 1 saturated carbocycles. The van der Waals surface area contributed by atoms with Gasteiger partial charge in [0.2, 0.25) is 11.8 Å². The molecule has 1 amide bonds. The van der Waals surface area contributed by atoms with Gasteiger partial charge >= 0.3 is 0 Å². The number of aliphatic hydroxyl groups excluding tert-OH is 1. The Morgan fingerprint density at radius 1 is 1.38 bits per heavy atom. The molecule has 3 aromatic rings. The number of carbonyl (C=O) groups is 1. The summed E-state index contributed by atoms with van der Waals surface area (Å²) >= 11 is 0. The number of hydrogen-bond acceptors (Lipinski definition) is 6. The van der Waals surface area contributed by atoms with Gasteiger partial charge in [-0.05, 0) is 45.6 Å². The molecular formula is C23H30N6O3. The summed E-state index contributed by atoms with van der Waals surface area (Å²) in [7, 11) is 0. The Morgan fingerprint density at radius 2 is 2.19 bits per heavy atom. The van der Waals surface area contributed by atoms with E-state index in [1.54, 1.807) is 10.9 Å². The van der Waals surface area contributed by atoms with Crippen molar-refractivity contribution in [3.63, 3.8) is 0 Å². The van der Waals surface area contributed by atoms with Crippen LogP contribution in [0.15, 0.2) is 24.8 Å². The molecule has 9 nitrogen and oxygen atoms in total. The first-order valence-electron chi connectivity index (χ1n) is 11.3. The lowest BCUT2D eigenvalue weighted by Gasteiger charge is -2.22. The number of rotatable bonds is 8. The van der Waals surface area contributed by atoms with Crippen LogP contribution in [0, 0.1) is 11.8 Å². The van der Waals surface area contributed by atoms with Crippen LogP contribution >= 0.6 is 0 Å². The van der Waals surface area contributed by atoms with Crippen LogP contribution in [0.1, 0.15) is 40.0 Å². The molecule has 32 heavy (non-hydrogen) atoms. The van der Waals surface area contributed by atoms with Crippen LogP contribution in [0.25, 0.3) is 22.3 Å². The number of aromatic nitrogens is 5. The summed E-state index contributed by atoms with van der Waals surface area (Å²) in [5.74, 6) is 1.40. The molecule has 1 aliphatic carbocycles. The van der Waals surface area contributed by atoms with Gasteiger partial charge in [-0.3, -0.25) is 9.48 Å². The van der Waals surface area contributed by atoms with Crippen molar-refractivity contribution in [1.82, 2.24) is 29.6 Å². The third kappa shape index (κ3) is 3.97. The van der Waals surface area contributed by atoms with E-state index in [-0.39, 0.29) is 24.5 Å². The van der Waals surface area contributed by atoms with E-state index in [4.69, 9.17) is 9.72 Å². The molecular weight excluding hydrogens is 408 g/mol. The molecule has 9 heteroatoms. The number of hydrogen-bond donors (Lipinski definition) is 2. The van der Waals surface area contributed by atoms with Gasteiger partial charge in [0.25, 0.3) is 0 Å². The molecule has 1 saturated heterocycles. The number of aliphatic hydroxyl groups is 1. The van der Waals surface area contributed by atoms with Gasteiger partial charge in [-0.1, -0.05) is 0 Å². The highest BCUT2D eigenvalue weighted by atomic mass is 16.5. The predicted octanol–water partition coefficient (Wildman–Crippen LogP) is 2.34. The quantitative estimate of drug-likeness (QED) is 0.559. The van der Waals surface area contributed by atoms with E-state index in [1.165, 1.54) is 12.8 Å². The maximum Gasteiger partial charge on any atom is 0.241 e. The third-order valence-corrected chi connectivity index (χ3v) is 6.57. The summed E-state index contributed by atoms with van der Waals surface area (Å²) in [5, 5.41) is 17.0. The molecule has 0 bridgehead atoms. The molecule has 3 aromatic heterocycles. The topological polar surface area (TPSA) is 107 Å². The maximum absolute atomic E-state index is 11.7. The van der Waals surface area contributed by atoms with E-state index in [0.717, 1.165) is 28.8 Å². The Labute approximate surface area is 186 Å². The zero-order valence-electron chi connectivity index (χ0n) is 18.8. The normalized spacial score (nSPS) is 20.0. The second-order valence-corrected chi connectivity index (χ2v) is 9.76. The van der Waals surface area contributed by atoms with Gasteiger partial charge < -0.3 is 19.7 Å². The van der Waals surface area contributed by atoms with Crippen LogP contribution in [-0.4, -0.2) is 54.6 Å². The lowest BCUT2D eigenvalue weighted by molar-refractivity contribution is -0.119. The van der Waals surface area contributed by atoms with Crippen molar-refractivity contribution in [3.05, 3.63) is 24.8 Å². The summed E-state index contributed by atoms with van der Waals surface area (Å²) in [6.07, 6.45) is 8.29. The predicted molar refractivity (Wildman–Crippen MR) is 119 cm³/mol. The van der Waals surface area contributed by atoms with Crippen molar-refractivity contribution in [2.45, 2.75) is 58.2 Å². The van der Waals surface area contributed by atoms with Gasteiger partial charge in [0, 0.05) is 37.2 Å². The van der Waals surface area contributed by atoms with Crippen LogP contribution in [0.4, 0.5) is 0 Å². The van der Waals surface area contributed by atoms with E-state index >= 15 is 0 Å². The van der Waals surface area contributed by atoms with Gasteiger partial charge in [-0.25, -0.2) is 9.97 Å². The standard InChI is InChI=1S/C23H30N6O3/c1-14(16-6-20(31)24-8-16)32-22-21-19(25-13-28(21)10-15-4-5-15)7-18(27-22)17-9-26-29(11-17)23(2,3)12-30/h7,9,11,13-16,30H,4-6,8,10,12H2,1-3H3,(H,24,31)/t14-,16-/m1/s1. The van der Waals surface area contributed by atoms with Crippen molar-refractivity contribution in [3.8, 4) is 17.1 Å². The molecule has 1 aliphatic heterocycles. The second-order valence-electron chi connectivity index (χ2n) is 9.76. The van der Waals surface area contributed by atoms with Gasteiger partial charge in [0.1, 0.15) is 11.6 Å². The number of carbonyl (C=O) groups excluding carboxylic acids is 1. The van der Waals surface area contributed by atoms with Crippen molar-refractivity contribution in [2.75, 3.05) is 13.2 Å². The maximum atomic E-state index is 11.7. The molecule has 2 atom stereocenters. The monoisotopic (exact) mass is 438 g/mol. The number of amides is 1. The van der Waals surface area contributed by atoms with Crippen LogP contribution in [0.5, 0.6) is 5.88 Å². The molecule has 2 fully saturated rings. The van der Waals surface area contributed by atoms with Crippen molar-refractivity contribution >= 4 is 16.9 Å². The first-order valence-corrected chi connectivity index (χ1v) is 11.3. The fourth-order valence-corrected chi connectivity index (χ4v) is 4.10. The Balaban J connectivity index is 1.53. The summed E-state index contributed by atoms with van der Waals surface area (Å²) in [6.45, 7) is 7.35. The van der Waals surface area contributed by atoms with Crippen molar-refractivity contribution in [1.29, 1.82) is 0 Å². The van der Waals surface area contributed by atoms with E-state index in [2.05, 4.69) is 20.0 Å². The van der Waals surface area contributed by atoms with E-state index in [1.807, 2.05) is 39.4 Å². The first-order chi connectivity index (χ1) is 15.3. The number of pyridine rings is 1. The Kier molecular flexibility index (Phi) is 5.16. The Bertz CT molecular complexity index is 1150. The highest BCUT2D eigenvalue weighted by Gasteiger charge is 2.30. The lowest BCUT2D eigenvalue weighted by atomic mass is 10.0. The van der Waals surface area contributed by atoms with Crippen LogP contribution in [-0.2, 0) is 16.9 Å². The molecule has 2 N–H and O–H groups in total. The molecule has 4 heterocycles. The lowest BCUT2D eigenvalue weighted by Crippen LogP contribution is -2.30. The molecule has 0 spiro atoms. The average molecular weight is 439 g/mol. The number of ether oxygens (including phenoxy) is 1. The molecule has 0 radical (unpaired) electrons. The number of nitrogens with one attached hydrogen (secondary N) is 1. The SMILES string of the molecule is C[C@@H](Oc1nc(-c2cnn(C(C)(C)CO)c2)cc2ncn(CC3CC3)c12)[C@H]1CNC(=O)C1. The number of fused-ring (bicyclic) bond motifs is 1. The summed E-state index contributed by atoms with van der Waals surface area (Å²) in [6, 6.07) is 1.96. The van der Waals surface area contributed by atoms with Crippen LogP contribution in [0.3, 0.4) is 0 Å². The minimum Gasteiger partial charge on any atom is -0.473 e. The fourth-order valence-electron chi connectivity index (χ4n) is 4.10. The number of nitrogens with zero attached hydrogens (tertiary/aromatic N) is 5. The molecule has 170 valence electrons. The van der Waals surface area contributed by atoms with Gasteiger partial charge in [0.15, 0.2) is 0 Å². The molecule has 0 unspecified atom stereocenters. The number of imidazole rings is 1.